The number of piperidine rings is 1. The van der Waals surface area contributed by atoms with Crippen LogP contribution in [0.15, 0.2) is 24.4 Å². The van der Waals surface area contributed by atoms with Crippen molar-refractivity contribution in [2.24, 2.45) is 0 Å². The van der Waals surface area contributed by atoms with E-state index >= 15 is 0 Å². The molecule has 1 aromatic rings. The van der Waals surface area contributed by atoms with E-state index in [0.717, 1.165) is 57.4 Å². The lowest BCUT2D eigenvalue weighted by Crippen LogP contribution is -2.56. The summed E-state index contributed by atoms with van der Waals surface area (Å²) in [7, 11) is 1.94. The average Bonchev–Trinajstić information content (AvgIpc) is 2.53. The zero-order chi connectivity index (χ0) is 15.7. The number of carbonyl (C=O) groups is 1. The van der Waals surface area contributed by atoms with Crippen LogP contribution in [0.2, 0.25) is 0 Å². The van der Waals surface area contributed by atoms with Crippen molar-refractivity contribution in [3.63, 3.8) is 0 Å². The molecule has 5 nitrogen and oxygen atoms in total. The van der Waals surface area contributed by atoms with Crippen LogP contribution >= 0.6 is 0 Å². The summed E-state index contributed by atoms with van der Waals surface area (Å²) in [5, 5.41) is 9.81. The number of hydrogen-bond donors (Lipinski definition) is 3. The van der Waals surface area contributed by atoms with Gasteiger partial charge in [-0.05, 0) is 64.5 Å². The molecule has 1 aliphatic rings. The van der Waals surface area contributed by atoms with Gasteiger partial charge in [-0.3, -0.25) is 9.78 Å². The third kappa shape index (κ3) is 5.39. The fourth-order valence-electron chi connectivity index (χ4n) is 3.05. The number of aromatic nitrogens is 1. The van der Waals surface area contributed by atoms with Crippen molar-refractivity contribution in [2.75, 3.05) is 26.7 Å². The molecule has 1 aliphatic heterocycles. The van der Waals surface area contributed by atoms with Crippen LogP contribution in [0.25, 0.3) is 0 Å². The molecule has 0 saturated carbocycles. The molecule has 2 heterocycles. The smallest absolute Gasteiger partial charge is 0.220 e. The Morgan fingerprint density at radius 1 is 1.32 bits per heavy atom. The summed E-state index contributed by atoms with van der Waals surface area (Å²) in [6, 6.07) is 5.98. The summed E-state index contributed by atoms with van der Waals surface area (Å²) in [5.74, 6) is 0.175. The molecule has 1 amide bonds. The minimum Gasteiger partial charge on any atom is -0.350 e. The highest BCUT2D eigenvalue weighted by atomic mass is 16.1. The second kappa shape index (κ2) is 8.86. The van der Waals surface area contributed by atoms with Crippen LogP contribution < -0.4 is 16.0 Å². The minimum atomic E-state index is -0.139. The van der Waals surface area contributed by atoms with Gasteiger partial charge < -0.3 is 16.0 Å². The van der Waals surface area contributed by atoms with Gasteiger partial charge in [0.05, 0.1) is 0 Å². The number of unbranched alkanes of at least 4 members (excludes halogenated alkanes) is 1. The van der Waals surface area contributed by atoms with E-state index in [0.29, 0.717) is 6.42 Å². The number of rotatable bonds is 8. The first kappa shape index (κ1) is 16.9. The third-order valence-corrected chi connectivity index (χ3v) is 4.29. The highest BCUT2D eigenvalue weighted by molar-refractivity contribution is 5.76. The Labute approximate surface area is 133 Å². The predicted octanol–water partition coefficient (Wildman–Crippen LogP) is 1.25. The summed E-state index contributed by atoms with van der Waals surface area (Å²) in [4.78, 5) is 16.7. The van der Waals surface area contributed by atoms with E-state index in [4.69, 9.17) is 0 Å². The van der Waals surface area contributed by atoms with Gasteiger partial charge in [-0.15, -0.1) is 0 Å². The van der Waals surface area contributed by atoms with Gasteiger partial charge in [0.25, 0.3) is 0 Å². The van der Waals surface area contributed by atoms with Crippen LogP contribution in [0, 0.1) is 0 Å². The molecule has 1 aromatic heterocycles. The molecule has 1 fully saturated rings. The lowest BCUT2D eigenvalue weighted by Gasteiger charge is -2.38. The molecule has 0 spiro atoms. The molecule has 5 heteroatoms. The first-order chi connectivity index (χ1) is 10.7. The number of carbonyl (C=O) groups excluding carboxylic acids is 1. The SMILES string of the molecule is CNCCCCC(=O)NC1(Cc2ccccn2)CCNCC1. The predicted molar refractivity (Wildman–Crippen MR) is 88.7 cm³/mol. The number of pyridine rings is 1. The molecule has 0 aromatic carbocycles. The number of nitrogens with zero attached hydrogens (tertiary/aromatic N) is 1. The lowest BCUT2D eigenvalue weighted by molar-refractivity contribution is -0.123. The molecular weight excluding hydrogens is 276 g/mol. The van der Waals surface area contributed by atoms with E-state index in [1.807, 2.05) is 31.4 Å². The van der Waals surface area contributed by atoms with Crippen LogP contribution in [0.5, 0.6) is 0 Å². The lowest BCUT2D eigenvalue weighted by atomic mass is 9.83. The van der Waals surface area contributed by atoms with E-state index < -0.39 is 0 Å². The molecule has 3 N–H and O–H groups in total. The van der Waals surface area contributed by atoms with E-state index in [2.05, 4.69) is 20.9 Å². The molecule has 0 atom stereocenters. The minimum absolute atomic E-state index is 0.139. The number of hydrogen-bond acceptors (Lipinski definition) is 4. The molecule has 1 saturated heterocycles. The normalized spacial score (nSPS) is 17.1. The molecule has 0 unspecified atom stereocenters. The zero-order valence-electron chi connectivity index (χ0n) is 13.5. The number of nitrogens with one attached hydrogen (secondary N) is 3. The van der Waals surface area contributed by atoms with E-state index in [1.165, 1.54) is 0 Å². The monoisotopic (exact) mass is 304 g/mol. The van der Waals surface area contributed by atoms with Gasteiger partial charge in [-0.1, -0.05) is 6.07 Å². The second-order valence-corrected chi connectivity index (χ2v) is 6.14. The number of amides is 1. The summed E-state index contributed by atoms with van der Waals surface area (Å²) < 4.78 is 0. The summed E-state index contributed by atoms with van der Waals surface area (Å²) >= 11 is 0. The van der Waals surface area contributed by atoms with Gasteiger partial charge >= 0.3 is 0 Å². The van der Waals surface area contributed by atoms with Crippen molar-refractivity contribution in [2.45, 2.75) is 44.1 Å². The molecule has 122 valence electrons. The zero-order valence-corrected chi connectivity index (χ0v) is 13.5. The first-order valence-corrected chi connectivity index (χ1v) is 8.30. The van der Waals surface area contributed by atoms with Crippen molar-refractivity contribution in [1.29, 1.82) is 0 Å². The summed E-state index contributed by atoms with van der Waals surface area (Å²) in [6.45, 7) is 2.87. The standard InChI is InChI=1S/C17H28N4O/c1-18-10-4-3-7-16(22)21-17(8-12-19-13-9-17)14-15-6-2-5-11-20-15/h2,5-6,11,18-19H,3-4,7-10,12-14H2,1H3,(H,21,22). The van der Waals surface area contributed by atoms with Crippen LogP contribution in [0.3, 0.4) is 0 Å². The van der Waals surface area contributed by atoms with Gasteiger partial charge in [0, 0.05) is 30.3 Å². The maximum Gasteiger partial charge on any atom is 0.220 e. The Hall–Kier alpha value is -1.46. The maximum atomic E-state index is 12.3. The Bertz CT molecular complexity index is 443. The first-order valence-electron chi connectivity index (χ1n) is 8.30. The second-order valence-electron chi connectivity index (χ2n) is 6.14. The Balaban J connectivity index is 1.92. The molecular formula is C17H28N4O. The van der Waals surface area contributed by atoms with E-state index in [-0.39, 0.29) is 11.4 Å². The highest BCUT2D eigenvalue weighted by Crippen LogP contribution is 2.23. The Morgan fingerprint density at radius 3 is 2.82 bits per heavy atom. The topological polar surface area (TPSA) is 66.0 Å². The molecule has 2 rings (SSSR count). The van der Waals surface area contributed by atoms with E-state index in [9.17, 15) is 4.79 Å². The van der Waals surface area contributed by atoms with E-state index in [1.54, 1.807) is 0 Å². The molecule has 22 heavy (non-hydrogen) atoms. The van der Waals surface area contributed by atoms with Crippen LogP contribution in [-0.4, -0.2) is 43.1 Å². The van der Waals surface area contributed by atoms with Gasteiger partial charge in [-0.2, -0.15) is 0 Å². The van der Waals surface area contributed by atoms with Gasteiger partial charge in [0.15, 0.2) is 0 Å². The molecule has 0 bridgehead atoms. The van der Waals surface area contributed by atoms with Crippen LogP contribution in [-0.2, 0) is 11.2 Å². The fraction of sp³-hybridized carbons (Fsp3) is 0.647. The van der Waals surface area contributed by atoms with Crippen LogP contribution in [0.1, 0.15) is 37.8 Å². The van der Waals surface area contributed by atoms with Crippen LogP contribution in [0.4, 0.5) is 0 Å². The molecule has 0 radical (unpaired) electrons. The van der Waals surface area contributed by atoms with Crippen molar-refractivity contribution < 1.29 is 4.79 Å². The molecule has 0 aliphatic carbocycles. The summed E-state index contributed by atoms with van der Waals surface area (Å²) in [5.41, 5.74) is 0.916. The van der Waals surface area contributed by atoms with Gasteiger partial charge in [0.1, 0.15) is 0 Å². The van der Waals surface area contributed by atoms with Gasteiger partial charge in [0.2, 0.25) is 5.91 Å². The Kier molecular flexibility index (Phi) is 6.80. The maximum absolute atomic E-state index is 12.3. The largest absolute Gasteiger partial charge is 0.350 e. The highest BCUT2D eigenvalue weighted by Gasteiger charge is 2.33. The van der Waals surface area contributed by atoms with Crippen molar-refractivity contribution in [3.05, 3.63) is 30.1 Å². The van der Waals surface area contributed by atoms with Gasteiger partial charge in [-0.25, -0.2) is 0 Å². The van der Waals surface area contributed by atoms with Crippen molar-refractivity contribution >= 4 is 5.91 Å². The summed E-state index contributed by atoms with van der Waals surface area (Å²) in [6.07, 6.45) is 7.15. The average molecular weight is 304 g/mol. The Morgan fingerprint density at radius 2 is 2.14 bits per heavy atom. The van der Waals surface area contributed by atoms with Crippen molar-refractivity contribution in [3.8, 4) is 0 Å². The van der Waals surface area contributed by atoms with Crippen molar-refractivity contribution in [1.82, 2.24) is 20.9 Å². The third-order valence-electron chi connectivity index (χ3n) is 4.29. The quantitative estimate of drug-likeness (QED) is 0.633. The fourth-order valence-corrected chi connectivity index (χ4v) is 3.05.